The van der Waals surface area contributed by atoms with E-state index in [0.717, 1.165) is 85.7 Å². The molecule has 4 rings (SSSR count). The van der Waals surface area contributed by atoms with Crippen molar-refractivity contribution >= 4 is 11.1 Å². The third kappa shape index (κ3) is 5.67. The van der Waals surface area contributed by atoms with Crippen molar-refractivity contribution in [3.63, 3.8) is 0 Å². The average molecular weight is 421 g/mol. The maximum Gasteiger partial charge on any atom is 0.227 e. The fraction of sp³-hybridized carbons (Fsp3) is 0.423. The fourth-order valence-electron chi connectivity index (χ4n) is 3.78. The lowest BCUT2D eigenvalue weighted by atomic mass is 10.1. The zero-order chi connectivity index (χ0) is 21.5. The third-order valence-corrected chi connectivity index (χ3v) is 5.58. The van der Waals surface area contributed by atoms with E-state index in [4.69, 9.17) is 13.9 Å². The second kappa shape index (κ2) is 10.5. The van der Waals surface area contributed by atoms with Gasteiger partial charge in [0.1, 0.15) is 17.0 Å². The summed E-state index contributed by atoms with van der Waals surface area (Å²) >= 11 is 0. The van der Waals surface area contributed by atoms with Gasteiger partial charge in [-0.2, -0.15) is 0 Å². The van der Waals surface area contributed by atoms with Crippen LogP contribution in [-0.2, 0) is 0 Å². The van der Waals surface area contributed by atoms with Gasteiger partial charge in [-0.1, -0.05) is 25.5 Å². The Balaban J connectivity index is 1.37. The molecule has 0 atom stereocenters. The molecule has 2 heterocycles. The van der Waals surface area contributed by atoms with Gasteiger partial charge in [0.05, 0.1) is 13.2 Å². The van der Waals surface area contributed by atoms with Crippen LogP contribution < -0.4 is 9.47 Å². The van der Waals surface area contributed by atoms with Crippen molar-refractivity contribution in [3.05, 3.63) is 54.1 Å². The Morgan fingerprint density at radius 3 is 2.58 bits per heavy atom. The van der Waals surface area contributed by atoms with Crippen LogP contribution in [0.1, 0.15) is 38.2 Å². The minimum absolute atomic E-state index is 0.628. The summed E-state index contributed by atoms with van der Waals surface area (Å²) in [5, 5.41) is 0. The van der Waals surface area contributed by atoms with Crippen LogP contribution >= 0.6 is 0 Å². The van der Waals surface area contributed by atoms with Crippen LogP contribution in [0.15, 0.2) is 53.0 Å². The monoisotopic (exact) mass is 420 g/mol. The van der Waals surface area contributed by atoms with Gasteiger partial charge in [0.15, 0.2) is 5.58 Å². The molecule has 0 amide bonds. The largest absolute Gasteiger partial charge is 0.494 e. The molecule has 0 N–H and O–H groups in total. The van der Waals surface area contributed by atoms with Crippen molar-refractivity contribution in [2.45, 2.75) is 39.5 Å². The smallest absolute Gasteiger partial charge is 0.227 e. The first-order valence-electron chi connectivity index (χ1n) is 11.4. The maximum absolute atomic E-state index is 6.07. The molecular formula is C26H32N2O3. The molecular weight excluding hydrogens is 388 g/mol. The third-order valence-electron chi connectivity index (χ3n) is 5.58. The Labute approximate surface area is 184 Å². The van der Waals surface area contributed by atoms with Gasteiger partial charge in [-0.05, 0) is 62.1 Å². The lowest BCUT2D eigenvalue weighted by Gasteiger charge is -2.22. The van der Waals surface area contributed by atoms with E-state index in [0.29, 0.717) is 12.5 Å². The molecule has 0 unspecified atom stereocenters. The molecule has 3 aromatic rings. The summed E-state index contributed by atoms with van der Waals surface area (Å²) < 4.78 is 17.8. The molecule has 0 radical (unpaired) electrons. The van der Waals surface area contributed by atoms with Gasteiger partial charge in [0.25, 0.3) is 0 Å². The molecule has 0 saturated carbocycles. The summed E-state index contributed by atoms with van der Waals surface area (Å²) in [6.45, 7) is 8.93. The number of oxazole rings is 1. The van der Waals surface area contributed by atoms with Crippen LogP contribution in [0.5, 0.6) is 11.5 Å². The molecule has 5 nitrogen and oxygen atoms in total. The van der Waals surface area contributed by atoms with Crippen molar-refractivity contribution in [3.8, 4) is 23.0 Å². The molecule has 1 aliphatic heterocycles. The highest BCUT2D eigenvalue weighted by Crippen LogP contribution is 2.30. The van der Waals surface area contributed by atoms with Crippen LogP contribution in [-0.4, -0.2) is 42.7 Å². The minimum atomic E-state index is 0.628. The molecule has 1 aromatic heterocycles. The molecule has 0 fully saturated rings. The van der Waals surface area contributed by atoms with Crippen LogP contribution in [0.2, 0.25) is 0 Å². The standard InChI is InChI=1S/C26H32N2O3/c1-3-4-16-29-21-9-11-23(20(2)18-21)26-27-24-12-10-22(19-25(24)31-26)30-17-8-15-28-13-6-5-7-14-28/h5-6,9-12,18-19H,3-4,7-8,13-17H2,1-2H3. The molecule has 164 valence electrons. The predicted octanol–water partition coefficient (Wildman–Crippen LogP) is 6.01. The molecule has 31 heavy (non-hydrogen) atoms. The Bertz CT molecular complexity index is 1020. The second-order valence-electron chi connectivity index (χ2n) is 8.09. The number of hydrogen-bond donors (Lipinski definition) is 0. The number of unbranched alkanes of at least 4 members (excludes halogenated alkanes) is 1. The van der Waals surface area contributed by atoms with Gasteiger partial charge in [0.2, 0.25) is 5.89 Å². The van der Waals surface area contributed by atoms with Crippen molar-refractivity contribution in [2.75, 3.05) is 32.8 Å². The molecule has 0 spiro atoms. The van der Waals surface area contributed by atoms with Gasteiger partial charge in [-0.25, -0.2) is 4.98 Å². The zero-order valence-corrected chi connectivity index (χ0v) is 18.6. The Morgan fingerprint density at radius 2 is 1.81 bits per heavy atom. The quantitative estimate of drug-likeness (QED) is 0.297. The number of rotatable bonds is 10. The summed E-state index contributed by atoms with van der Waals surface area (Å²) in [5.74, 6) is 2.34. The lowest BCUT2D eigenvalue weighted by Crippen LogP contribution is -2.29. The summed E-state index contributed by atoms with van der Waals surface area (Å²) in [4.78, 5) is 7.13. The van der Waals surface area contributed by atoms with E-state index in [1.807, 2.05) is 36.4 Å². The van der Waals surface area contributed by atoms with E-state index < -0.39 is 0 Å². The first kappa shape index (κ1) is 21.4. The van der Waals surface area contributed by atoms with E-state index in [2.05, 4.69) is 35.9 Å². The Morgan fingerprint density at radius 1 is 1.00 bits per heavy atom. The molecule has 0 saturated heterocycles. The van der Waals surface area contributed by atoms with Crippen LogP contribution in [0.4, 0.5) is 0 Å². The van der Waals surface area contributed by atoms with E-state index in [-0.39, 0.29) is 0 Å². The zero-order valence-electron chi connectivity index (χ0n) is 18.6. The first-order chi connectivity index (χ1) is 15.2. The SMILES string of the molecule is CCCCOc1ccc(-c2nc3ccc(OCCCN4CC=CCC4)cc3o2)c(C)c1. The lowest BCUT2D eigenvalue weighted by molar-refractivity contribution is 0.247. The van der Waals surface area contributed by atoms with E-state index in [1.165, 1.54) is 0 Å². The minimum Gasteiger partial charge on any atom is -0.494 e. The van der Waals surface area contributed by atoms with Gasteiger partial charge < -0.3 is 13.9 Å². The van der Waals surface area contributed by atoms with E-state index in [9.17, 15) is 0 Å². The second-order valence-corrected chi connectivity index (χ2v) is 8.09. The molecule has 0 aliphatic carbocycles. The molecule has 1 aliphatic rings. The maximum atomic E-state index is 6.07. The number of ether oxygens (including phenoxy) is 2. The van der Waals surface area contributed by atoms with Crippen molar-refractivity contribution in [1.29, 1.82) is 0 Å². The number of benzene rings is 2. The first-order valence-corrected chi connectivity index (χ1v) is 11.4. The number of aryl methyl sites for hydroxylation is 1. The average Bonchev–Trinajstić information content (AvgIpc) is 3.21. The van der Waals surface area contributed by atoms with Gasteiger partial charge in [0, 0.05) is 31.3 Å². The van der Waals surface area contributed by atoms with Gasteiger partial charge in [-0.3, -0.25) is 4.90 Å². The predicted molar refractivity (Wildman–Crippen MR) is 125 cm³/mol. The van der Waals surface area contributed by atoms with Gasteiger partial charge >= 0.3 is 0 Å². The molecule has 0 bridgehead atoms. The fourth-order valence-corrected chi connectivity index (χ4v) is 3.78. The summed E-state index contributed by atoms with van der Waals surface area (Å²) in [6.07, 6.45) is 8.85. The topological polar surface area (TPSA) is 47.7 Å². The number of hydrogen-bond acceptors (Lipinski definition) is 5. The molecule has 2 aromatic carbocycles. The number of fused-ring (bicyclic) bond motifs is 1. The number of nitrogens with zero attached hydrogens (tertiary/aromatic N) is 2. The normalized spacial score (nSPS) is 14.3. The van der Waals surface area contributed by atoms with Crippen LogP contribution in [0.3, 0.4) is 0 Å². The Kier molecular flexibility index (Phi) is 7.26. The number of aromatic nitrogens is 1. The van der Waals surface area contributed by atoms with Gasteiger partial charge in [-0.15, -0.1) is 0 Å². The highest BCUT2D eigenvalue weighted by molar-refractivity contribution is 5.78. The molecule has 5 heteroatoms. The highest BCUT2D eigenvalue weighted by atomic mass is 16.5. The van der Waals surface area contributed by atoms with Crippen molar-refractivity contribution in [2.24, 2.45) is 0 Å². The summed E-state index contributed by atoms with van der Waals surface area (Å²) in [5.41, 5.74) is 3.66. The van der Waals surface area contributed by atoms with Crippen LogP contribution in [0.25, 0.3) is 22.6 Å². The summed E-state index contributed by atoms with van der Waals surface area (Å²) in [6, 6.07) is 11.9. The summed E-state index contributed by atoms with van der Waals surface area (Å²) in [7, 11) is 0. The van der Waals surface area contributed by atoms with Crippen molar-refractivity contribution in [1.82, 2.24) is 9.88 Å². The van der Waals surface area contributed by atoms with Crippen LogP contribution in [0, 0.1) is 6.92 Å². The van der Waals surface area contributed by atoms with E-state index >= 15 is 0 Å². The highest BCUT2D eigenvalue weighted by Gasteiger charge is 2.12. The van der Waals surface area contributed by atoms with E-state index in [1.54, 1.807) is 0 Å². The van der Waals surface area contributed by atoms with Crippen molar-refractivity contribution < 1.29 is 13.9 Å². The Hall–Kier alpha value is -2.79.